The summed E-state index contributed by atoms with van der Waals surface area (Å²) < 4.78 is 0.882. The number of fused-ring (bicyclic) bond motifs is 1. The molecule has 2 heterocycles. The lowest BCUT2D eigenvalue weighted by atomic mass is 10.1. The molecule has 2 N–H and O–H groups in total. The zero-order valence-electron chi connectivity index (χ0n) is 9.48. The Morgan fingerprint density at radius 1 is 1.59 bits per heavy atom. The van der Waals surface area contributed by atoms with E-state index >= 15 is 0 Å². The van der Waals surface area contributed by atoms with Gasteiger partial charge in [0.05, 0.1) is 12.6 Å². The van der Waals surface area contributed by atoms with Crippen LogP contribution in [-0.4, -0.2) is 25.5 Å². The molecule has 0 saturated carbocycles. The standard InChI is InChI=1S/C10H11BrN6/c1-6-7(11)3-14-9-8(6)15-17(16-9)5-10(2,13)4-12/h3H,5,13H2,1-2H3. The van der Waals surface area contributed by atoms with Crippen LogP contribution in [0.2, 0.25) is 0 Å². The van der Waals surface area contributed by atoms with E-state index < -0.39 is 5.54 Å². The van der Waals surface area contributed by atoms with E-state index in [0.717, 1.165) is 10.0 Å². The summed E-state index contributed by atoms with van der Waals surface area (Å²) in [5.41, 5.74) is 7.00. The van der Waals surface area contributed by atoms with E-state index in [9.17, 15) is 0 Å². The first kappa shape index (κ1) is 12.0. The van der Waals surface area contributed by atoms with Gasteiger partial charge in [0.15, 0.2) is 0 Å². The molecule has 0 amide bonds. The number of pyridine rings is 1. The molecule has 2 rings (SSSR count). The normalized spacial score (nSPS) is 14.5. The van der Waals surface area contributed by atoms with E-state index in [1.807, 2.05) is 13.0 Å². The summed E-state index contributed by atoms with van der Waals surface area (Å²) in [6, 6.07) is 2.01. The molecule has 17 heavy (non-hydrogen) atoms. The molecule has 0 aliphatic heterocycles. The molecule has 2 aromatic heterocycles. The number of aryl methyl sites for hydroxylation is 1. The first-order chi connectivity index (χ1) is 7.93. The maximum atomic E-state index is 8.86. The maximum Gasteiger partial charge on any atom is 0.202 e. The van der Waals surface area contributed by atoms with Gasteiger partial charge in [-0.3, -0.25) is 0 Å². The molecule has 0 fully saturated rings. The van der Waals surface area contributed by atoms with Gasteiger partial charge in [-0.15, -0.1) is 5.10 Å². The SMILES string of the molecule is Cc1c(Br)cnc2nn(CC(C)(N)C#N)nc12. The van der Waals surface area contributed by atoms with Crippen molar-refractivity contribution in [2.45, 2.75) is 25.9 Å². The smallest absolute Gasteiger partial charge is 0.202 e. The number of rotatable bonds is 2. The van der Waals surface area contributed by atoms with E-state index in [2.05, 4.69) is 31.1 Å². The second kappa shape index (κ2) is 4.05. The summed E-state index contributed by atoms with van der Waals surface area (Å²) in [6.45, 7) is 3.80. The van der Waals surface area contributed by atoms with Crippen molar-refractivity contribution in [3.63, 3.8) is 0 Å². The van der Waals surface area contributed by atoms with Gasteiger partial charge >= 0.3 is 0 Å². The number of hydrogen-bond donors (Lipinski definition) is 1. The molecule has 1 atom stereocenters. The highest BCUT2D eigenvalue weighted by Crippen LogP contribution is 2.20. The van der Waals surface area contributed by atoms with Gasteiger partial charge in [0.1, 0.15) is 11.1 Å². The van der Waals surface area contributed by atoms with Crippen LogP contribution >= 0.6 is 15.9 Å². The highest BCUT2D eigenvalue weighted by Gasteiger charge is 2.20. The van der Waals surface area contributed by atoms with E-state index in [0.29, 0.717) is 11.2 Å². The second-order valence-corrected chi connectivity index (χ2v) is 5.02. The molecule has 0 spiro atoms. The zero-order chi connectivity index (χ0) is 12.6. The molecule has 0 bridgehead atoms. The minimum atomic E-state index is -0.986. The van der Waals surface area contributed by atoms with Crippen LogP contribution in [0.4, 0.5) is 0 Å². The van der Waals surface area contributed by atoms with Gasteiger partial charge in [0.2, 0.25) is 5.65 Å². The topological polar surface area (TPSA) is 93.4 Å². The average Bonchev–Trinajstić information content (AvgIpc) is 2.66. The lowest BCUT2D eigenvalue weighted by Crippen LogP contribution is -2.39. The zero-order valence-corrected chi connectivity index (χ0v) is 11.1. The first-order valence-electron chi connectivity index (χ1n) is 4.99. The van der Waals surface area contributed by atoms with E-state index in [4.69, 9.17) is 11.0 Å². The summed E-state index contributed by atoms with van der Waals surface area (Å²) in [7, 11) is 0. The summed E-state index contributed by atoms with van der Waals surface area (Å²) >= 11 is 3.38. The Kier molecular flexibility index (Phi) is 2.85. The van der Waals surface area contributed by atoms with Crippen LogP contribution in [0.5, 0.6) is 0 Å². The van der Waals surface area contributed by atoms with Crippen LogP contribution in [0.1, 0.15) is 12.5 Å². The minimum absolute atomic E-state index is 0.233. The van der Waals surface area contributed by atoms with Gasteiger partial charge in [-0.25, -0.2) is 4.98 Å². The van der Waals surface area contributed by atoms with Crippen molar-refractivity contribution in [1.82, 2.24) is 20.0 Å². The molecule has 1 unspecified atom stereocenters. The third kappa shape index (κ3) is 2.28. The summed E-state index contributed by atoms with van der Waals surface area (Å²) in [6.07, 6.45) is 1.68. The van der Waals surface area contributed by atoms with Crippen molar-refractivity contribution in [1.29, 1.82) is 5.26 Å². The van der Waals surface area contributed by atoms with Crippen molar-refractivity contribution < 1.29 is 0 Å². The van der Waals surface area contributed by atoms with Gasteiger partial charge < -0.3 is 5.73 Å². The van der Waals surface area contributed by atoms with Crippen LogP contribution in [0.25, 0.3) is 11.2 Å². The van der Waals surface area contributed by atoms with Crippen LogP contribution in [0, 0.1) is 18.3 Å². The molecular weight excluding hydrogens is 284 g/mol. The Balaban J connectivity index is 2.46. The second-order valence-electron chi connectivity index (χ2n) is 4.16. The van der Waals surface area contributed by atoms with Gasteiger partial charge in [-0.05, 0) is 35.3 Å². The van der Waals surface area contributed by atoms with Crippen molar-refractivity contribution in [2.24, 2.45) is 5.73 Å². The quantitative estimate of drug-likeness (QED) is 0.896. The van der Waals surface area contributed by atoms with E-state index in [1.54, 1.807) is 13.1 Å². The Labute approximate surface area is 107 Å². The summed E-state index contributed by atoms with van der Waals surface area (Å²) in [4.78, 5) is 5.57. The van der Waals surface area contributed by atoms with Gasteiger partial charge in [0, 0.05) is 10.7 Å². The molecule has 0 radical (unpaired) electrons. The molecule has 7 heteroatoms. The van der Waals surface area contributed by atoms with E-state index in [-0.39, 0.29) is 6.54 Å². The number of hydrogen-bond acceptors (Lipinski definition) is 5. The number of nitrogens with two attached hydrogens (primary N) is 1. The van der Waals surface area contributed by atoms with Gasteiger partial charge in [-0.2, -0.15) is 15.2 Å². The highest BCUT2D eigenvalue weighted by atomic mass is 79.9. The average molecular weight is 295 g/mol. The fourth-order valence-corrected chi connectivity index (χ4v) is 1.69. The molecule has 2 aromatic rings. The fourth-order valence-electron chi connectivity index (χ4n) is 1.40. The monoisotopic (exact) mass is 294 g/mol. The number of nitrogens with zero attached hydrogens (tertiary/aromatic N) is 5. The largest absolute Gasteiger partial charge is 0.312 e. The lowest BCUT2D eigenvalue weighted by molar-refractivity contribution is 0.423. The predicted molar refractivity (Wildman–Crippen MR) is 66.0 cm³/mol. The Morgan fingerprint density at radius 2 is 2.29 bits per heavy atom. The molecule has 0 aliphatic carbocycles. The number of nitriles is 1. The summed E-state index contributed by atoms with van der Waals surface area (Å²) in [5.74, 6) is 0. The number of aromatic nitrogens is 4. The van der Waals surface area contributed by atoms with Crippen LogP contribution in [-0.2, 0) is 6.54 Å². The fraction of sp³-hybridized carbons (Fsp3) is 0.400. The molecule has 0 aliphatic rings. The van der Waals surface area contributed by atoms with Crippen molar-refractivity contribution in [3.05, 3.63) is 16.2 Å². The maximum absolute atomic E-state index is 8.86. The van der Waals surface area contributed by atoms with Crippen molar-refractivity contribution in [3.8, 4) is 6.07 Å². The van der Waals surface area contributed by atoms with Crippen LogP contribution in [0.15, 0.2) is 10.7 Å². The van der Waals surface area contributed by atoms with E-state index in [1.165, 1.54) is 4.80 Å². The minimum Gasteiger partial charge on any atom is -0.312 e. The van der Waals surface area contributed by atoms with Crippen molar-refractivity contribution >= 4 is 27.1 Å². The number of halogens is 1. The molecule has 0 aromatic carbocycles. The molecule has 6 nitrogen and oxygen atoms in total. The summed E-state index contributed by atoms with van der Waals surface area (Å²) in [5, 5.41) is 17.3. The van der Waals surface area contributed by atoms with Crippen LogP contribution < -0.4 is 5.73 Å². The molecule has 88 valence electrons. The van der Waals surface area contributed by atoms with Crippen molar-refractivity contribution in [2.75, 3.05) is 0 Å². The Bertz CT molecular complexity index is 609. The van der Waals surface area contributed by atoms with Gasteiger partial charge in [0.25, 0.3) is 0 Å². The Morgan fingerprint density at radius 3 is 2.94 bits per heavy atom. The third-order valence-corrected chi connectivity index (χ3v) is 3.18. The predicted octanol–water partition coefficient (Wildman–Crippen LogP) is 1.14. The third-order valence-electron chi connectivity index (χ3n) is 2.38. The van der Waals surface area contributed by atoms with Crippen LogP contribution in [0.3, 0.4) is 0 Å². The highest BCUT2D eigenvalue weighted by molar-refractivity contribution is 9.10. The lowest BCUT2D eigenvalue weighted by Gasteiger charge is -2.13. The molecular formula is C10H11BrN6. The molecule has 0 saturated heterocycles. The Hall–Kier alpha value is -1.52. The first-order valence-corrected chi connectivity index (χ1v) is 5.78. The van der Waals surface area contributed by atoms with Gasteiger partial charge in [-0.1, -0.05) is 0 Å².